The van der Waals surface area contributed by atoms with E-state index in [9.17, 15) is 18.0 Å². The molecule has 1 aromatic rings. The predicted octanol–water partition coefficient (Wildman–Crippen LogP) is 2.05. The van der Waals surface area contributed by atoms with Gasteiger partial charge < -0.3 is 5.32 Å². The van der Waals surface area contributed by atoms with Crippen LogP contribution in [0.2, 0.25) is 0 Å². The van der Waals surface area contributed by atoms with Crippen LogP contribution in [0.1, 0.15) is 5.56 Å². The number of carbonyl (C=O) groups is 1. The van der Waals surface area contributed by atoms with Gasteiger partial charge in [0.1, 0.15) is 0 Å². The normalized spacial score (nSPS) is 10.9. The lowest BCUT2D eigenvalue weighted by atomic mass is 10.1. The van der Waals surface area contributed by atoms with Gasteiger partial charge in [-0.2, -0.15) is 13.2 Å². The lowest BCUT2D eigenvalue weighted by Gasteiger charge is -2.09. The van der Waals surface area contributed by atoms with Crippen molar-refractivity contribution in [3.05, 3.63) is 35.9 Å². The maximum atomic E-state index is 11.7. The summed E-state index contributed by atoms with van der Waals surface area (Å²) in [6.45, 7) is 0.159. The lowest BCUT2D eigenvalue weighted by Crippen LogP contribution is -2.44. The van der Waals surface area contributed by atoms with Crippen LogP contribution in [0, 0.1) is 0 Å². The van der Waals surface area contributed by atoms with E-state index >= 15 is 0 Å². The number of hydrogen-bond donors (Lipinski definition) is 2. The first-order valence-corrected chi connectivity index (χ1v) is 4.64. The van der Waals surface area contributed by atoms with E-state index in [1.807, 2.05) is 30.3 Å². The molecule has 0 atom stereocenters. The minimum absolute atomic E-state index is 0.159. The van der Waals surface area contributed by atoms with E-state index < -0.39 is 12.3 Å². The van der Waals surface area contributed by atoms with Crippen LogP contribution < -0.4 is 10.6 Å². The van der Waals surface area contributed by atoms with Gasteiger partial charge in [-0.15, -0.1) is 0 Å². The average Bonchev–Trinajstić information content (AvgIpc) is 2.16. The van der Waals surface area contributed by atoms with Crippen molar-refractivity contribution in [2.45, 2.75) is 12.7 Å². The van der Waals surface area contributed by atoms with Crippen LogP contribution in [0.25, 0.3) is 0 Å². The summed E-state index contributed by atoms with van der Waals surface area (Å²) in [7, 11) is 0. The molecule has 1 aromatic carbocycles. The SMILES string of the molecule is O=C(NCCc1ccccc1)NC(F)(F)F. The quantitative estimate of drug-likeness (QED) is 0.769. The molecule has 16 heavy (non-hydrogen) atoms. The van der Waals surface area contributed by atoms with Crippen molar-refractivity contribution < 1.29 is 18.0 Å². The van der Waals surface area contributed by atoms with Gasteiger partial charge in [0.15, 0.2) is 0 Å². The van der Waals surface area contributed by atoms with Crippen molar-refractivity contribution in [3.8, 4) is 0 Å². The Morgan fingerprint density at radius 3 is 2.38 bits per heavy atom. The Morgan fingerprint density at radius 2 is 1.81 bits per heavy atom. The summed E-state index contributed by atoms with van der Waals surface area (Å²) < 4.78 is 35.1. The largest absolute Gasteiger partial charge is 0.485 e. The van der Waals surface area contributed by atoms with Crippen LogP contribution in [-0.2, 0) is 6.42 Å². The molecule has 0 saturated heterocycles. The van der Waals surface area contributed by atoms with Crippen LogP contribution in [0.15, 0.2) is 30.3 Å². The van der Waals surface area contributed by atoms with Crippen LogP contribution in [0.4, 0.5) is 18.0 Å². The number of alkyl halides is 3. The zero-order valence-electron chi connectivity index (χ0n) is 8.34. The highest BCUT2D eigenvalue weighted by Gasteiger charge is 2.29. The fraction of sp³-hybridized carbons (Fsp3) is 0.300. The lowest BCUT2D eigenvalue weighted by molar-refractivity contribution is -0.145. The second kappa shape index (κ2) is 5.39. The van der Waals surface area contributed by atoms with Crippen molar-refractivity contribution >= 4 is 6.03 Å². The molecule has 88 valence electrons. The van der Waals surface area contributed by atoms with Crippen molar-refractivity contribution in [2.75, 3.05) is 6.54 Å². The first kappa shape index (κ1) is 12.4. The standard InChI is InChI=1S/C10H11F3N2O/c11-10(12,13)15-9(16)14-7-6-8-4-2-1-3-5-8/h1-5H,6-7H2,(H2,14,15,16). The van der Waals surface area contributed by atoms with E-state index in [1.165, 1.54) is 0 Å². The van der Waals surface area contributed by atoms with E-state index in [0.717, 1.165) is 10.9 Å². The minimum Gasteiger partial charge on any atom is -0.338 e. The molecule has 0 radical (unpaired) electrons. The Kier molecular flexibility index (Phi) is 4.16. The van der Waals surface area contributed by atoms with Crippen molar-refractivity contribution in [1.82, 2.24) is 10.6 Å². The van der Waals surface area contributed by atoms with Crippen LogP contribution in [0.3, 0.4) is 0 Å². The molecule has 6 heteroatoms. The van der Waals surface area contributed by atoms with Gasteiger partial charge in [0.25, 0.3) is 0 Å². The summed E-state index contributed by atoms with van der Waals surface area (Å²) in [5, 5.41) is 2.97. The van der Waals surface area contributed by atoms with E-state index in [2.05, 4.69) is 5.32 Å². The van der Waals surface area contributed by atoms with Gasteiger partial charge in [-0.3, -0.25) is 0 Å². The smallest absolute Gasteiger partial charge is 0.338 e. The van der Waals surface area contributed by atoms with E-state index in [1.54, 1.807) is 0 Å². The van der Waals surface area contributed by atoms with Crippen LogP contribution in [-0.4, -0.2) is 18.9 Å². The van der Waals surface area contributed by atoms with Gasteiger partial charge in [0.05, 0.1) is 0 Å². The molecular formula is C10H11F3N2O. The van der Waals surface area contributed by atoms with Crippen LogP contribution in [0.5, 0.6) is 0 Å². The highest BCUT2D eigenvalue weighted by atomic mass is 19.4. The zero-order valence-corrected chi connectivity index (χ0v) is 8.34. The predicted molar refractivity (Wildman–Crippen MR) is 52.7 cm³/mol. The average molecular weight is 232 g/mol. The van der Waals surface area contributed by atoms with E-state index in [-0.39, 0.29) is 6.54 Å². The monoisotopic (exact) mass is 232 g/mol. The molecule has 0 aliphatic rings. The molecule has 0 spiro atoms. The second-order valence-corrected chi connectivity index (χ2v) is 3.11. The molecule has 3 nitrogen and oxygen atoms in total. The van der Waals surface area contributed by atoms with Gasteiger partial charge in [0, 0.05) is 6.54 Å². The summed E-state index contributed by atoms with van der Waals surface area (Å²) in [5.74, 6) is 0. The van der Waals surface area contributed by atoms with Gasteiger partial charge in [-0.05, 0) is 12.0 Å². The molecule has 2 N–H and O–H groups in total. The third-order valence-corrected chi connectivity index (χ3v) is 1.80. The van der Waals surface area contributed by atoms with Crippen molar-refractivity contribution in [2.24, 2.45) is 0 Å². The van der Waals surface area contributed by atoms with Crippen LogP contribution >= 0.6 is 0 Å². The second-order valence-electron chi connectivity index (χ2n) is 3.11. The summed E-state index contributed by atoms with van der Waals surface area (Å²) >= 11 is 0. The number of benzene rings is 1. The molecule has 0 aromatic heterocycles. The molecule has 0 aliphatic heterocycles. The maximum absolute atomic E-state index is 11.7. The summed E-state index contributed by atoms with van der Waals surface area (Å²) in [6.07, 6.45) is -4.19. The minimum atomic E-state index is -4.68. The van der Waals surface area contributed by atoms with Crippen molar-refractivity contribution in [1.29, 1.82) is 0 Å². The van der Waals surface area contributed by atoms with E-state index in [0.29, 0.717) is 6.42 Å². The number of halogens is 3. The van der Waals surface area contributed by atoms with Gasteiger partial charge in [-0.25, -0.2) is 10.1 Å². The first-order valence-electron chi connectivity index (χ1n) is 4.64. The molecule has 0 bridgehead atoms. The number of urea groups is 1. The number of rotatable bonds is 3. The Morgan fingerprint density at radius 1 is 1.19 bits per heavy atom. The van der Waals surface area contributed by atoms with Gasteiger partial charge >= 0.3 is 12.3 Å². The molecule has 2 amide bonds. The maximum Gasteiger partial charge on any atom is 0.485 e. The Bertz CT molecular complexity index is 338. The summed E-state index contributed by atoms with van der Waals surface area (Å²) in [5.41, 5.74) is 0.954. The van der Waals surface area contributed by atoms with Gasteiger partial charge in [0.2, 0.25) is 0 Å². The Balaban J connectivity index is 2.24. The van der Waals surface area contributed by atoms with Crippen molar-refractivity contribution in [3.63, 3.8) is 0 Å². The van der Waals surface area contributed by atoms with E-state index in [4.69, 9.17) is 0 Å². The molecule has 0 unspecified atom stereocenters. The van der Waals surface area contributed by atoms with Gasteiger partial charge in [-0.1, -0.05) is 30.3 Å². The fourth-order valence-electron chi connectivity index (χ4n) is 1.14. The topological polar surface area (TPSA) is 41.1 Å². The molecule has 0 heterocycles. The Labute approximate surface area is 90.6 Å². The highest BCUT2D eigenvalue weighted by Crippen LogP contribution is 2.08. The molecule has 0 fully saturated rings. The summed E-state index contributed by atoms with van der Waals surface area (Å²) in [6, 6.07) is 7.93. The number of hydrogen-bond acceptors (Lipinski definition) is 1. The number of nitrogens with one attached hydrogen (secondary N) is 2. The molecule has 1 rings (SSSR count). The number of carbonyl (C=O) groups excluding carboxylic acids is 1. The zero-order chi connectivity index (χ0) is 12.0. The summed E-state index contributed by atoms with van der Waals surface area (Å²) in [4.78, 5) is 10.7. The first-order chi connectivity index (χ1) is 7.47. The molecule has 0 aliphatic carbocycles. The third-order valence-electron chi connectivity index (χ3n) is 1.80. The Hall–Kier alpha value is -1.72. The molecular weight excluding hydrogens is 221 g/mol. The molecule has 0 saturated carbocycles. The fourth-order valence-corrected chi connectivity index (χ4v) is 1.14. The highest BCUT2D eigenvalue weighted by molar-refractivity contribution is 5.74. The third kappa shape index (κ3) is 5.23. The number of amides is 2.